The third-order valence-corrected chi connectivity index (χ3v) is 4.99. The standard InChI is InChI=1S/C17H32N4O2.2ClH/c1-4-18-12-14-5-7-20(8-6-14)17(23)15-11-16(22)21(13-15)10-9-19(2)3;;/h14-15,18H,4-13H2,1-3H3;2*1H. The fourth-order valence-electron chi connectivity index (χ4n) is 3.44. The van der Waals surface area contributed by atoms with Gasteiger partial charge in [-0.2, -0.15) is 0 Å². The zero-order chi connectivity index (χ0) is 16.8. The Morgan fingerprint density at radius 2 is 1.88 bits per heavy atom. The second-order valence-electron chi connectivity index (χ2n) is 7.12. The summed E-state index contributed by atoms with van der Waals surface area (Å²) in [5, 5.41) is 3.39. The van der Waals surface area contributed by atoms with E-state index < -0.39 is 0 Å². The average Bonchev–Trinajstić information content (AvgIpc) is 2.91. The first-order valence-electron chi connectivity index (χ1n) is 8.93. The molecule has 6 nitrogen and oxygen atoms in total. The second kappa shape index (κ2) is 11.9. The quantitative estimate of drug-likeness (QED) is 0.699. The van der Waals surface area contributed by atoms with Gasteiger partial charge in [-0.1, -0.05) is 6.92 Å². The number of hydrogen-bond donors (Lipinski definition) is 1. The van der Waals surface area contributed by atoms with Crippen molar-refractivity contribution in [1.82, 2.24) is 20.0 Å². The monoisotopic (exact) mass is 396 g/mol. The van der Waals surface area contributed by atoms with Gasteiger partial charge in [0.05, 0.1) is 5.92 Å². The lowest BCUT2D eigenvalue weighted by atomic mass is 9.95. The summed E-state index contributed by atoms with van der Waals surface area (Å²) in [6, 6.07) is 0. The van der Waals surface area contributed by atoms with Crippen LogP contribution in [0, 0.1) is 11.8 Å². The molecule has 2 aliphatic heterocycles. The van der Waals surface area contributed by atoms with Crippen LogP contribution in [0.15, 0.2) is 0 Å². The van der Waals surface area contributed by atoms with Crippen molar-refractivity contribution in [3.63, 3.8) is 0 Å². The van der Waals surface area contributed by atoms with E-state index in [0.29, 0.717) is 18.9 Å². The minimum absolute atomic E-state index is 0. The first-order valence-corrected chi connectivity index (χ1v) is 8.93. The van der Waals surface area contributed by atoms with Gasteiger partial charge in [-0.25, -0.2) is 0 Å². The highest BCUT2D eigenvalue weighted by molar-refractivity contribution is 5.89. The van der Waals surface area contributed by atoms with Crippen molar-refractivity contribution in [2.75, 3.05) is 59.9 Å². The third-order valence-electron chi connectivity index (χ3n) is 4.99. The molecule has 0 bridgehead atoms. The highest BCUT2D eigenvalue weighted by Gasteiger charge is 2.37. The van der Waals surface area contributed by atoms with Gasteiger partial charge >= 0.3 is 0 Å². The van der Waals surface area contributed by atoms with Gasteiger partial charge in [-0.3, -0.25) is 9.59 Å². The Hall–Kier alpha value is -0.560. The van der Waals surface area contributed by atoms with Crippen molar-refractivity contribution in [2.24, 2.45) is 11.8 Å². The van der Waals surface area contributed by atoms with E-state index in [2.05, 4.69) is 17.1 Å². The number of nitrogens with one attached hydrogen (secondary N) is 1. The van der Waals surface area contributed by atoms with Gasteiger partial charge in [-0.05, 0) is 45.9 Å². The first kappa shape index (κ1) is 24.4. The molecule has 2 aliphatic rings. The van der Waals surface area contributed by atoms with Crippen LogP contribution in [0.2, 0.25) is 0 Å². The van der Waals surface area contributed by atoms with E-state index in [1.165, 1.54) is 0 Å². The molecule has 0 aromatic rings. The van der Waals surface area contributed by atoms with Gasteiger partial charge in [0.15, 0.2) is 0 Å². The number of nitrogens with zero attached hydrogens (tertiary/aromatic N) is 3. The van der Waals surface area contributed by atoms with Gasteiger partial charge in [0.2, 0.25) is 11.8 Å². The van der Waals surface area contributed by atoms with E-state index in [-0.39, 0.29) is 42.5 Å². The predicted molar refractivity (Wildman–Crippen MR) is 106 cm³/mol. The van der Waals surface area contributed by atoms with Crippen LogP contribution in [-0.4, -0.2) is 86.4 Å². The normalized spacial score (nSPS) is 21.3. The van der Waals surface area contributed by atoms with Crippen molar-refractivity contribution in [2.45, 2.75) is 26.2 Å². The number of likely N-dealkylation sites (N-methyl/N-ethyl adjacent to an activating group) is 1. The highest BCUT2D eigenvalue weighted by atomic mass is 35.5. The van der Waals surface area contributed by atoms with Crippen molar-refractivity contribution in [3.8, 4) is 0 Å². The van der Waals surface area contributed by atoms with Crippen LogP contribution in [0.4, 0.5) is 0 Å². The Labute approximate surface area is 164 Å². The Morgan fingerprint density at radius 1 is 1.24 bits per heavy atom. The number of halogens is 2. The van der Waals surface area contributed by atoms with Crippen LogP contribution in [0.3, 0.4) is 0 Å². The lowest BCUT2D eigenvalue weighted by Gasteiger charge is -2.33. The molecule has 1 unspecified atom stereocenters. The first-order chi connectivity index (χ1) is 11.0. The number of piperidine rings is 1. The number of rotatable bonds is 7. The third kappa shape index (κ3) is 7.29. The molecule has 8 heteroatoms. The Balaban J connectivity index is 0.00000288. The van der Waals surface area contributed by atoms with Crippen LogP contribution in [-0.2, 0) is 9.59 Å². The summed E-state index contributed by atoms with van der Waals surface area (Å²) in [7, 11) is 4.00. The van der Waals surface area contributed by atoms with E-state index >= 15 is 0 Å². The summed E-state index contributed by atoms with van der Waals surface area (Å²) >= 11 is 0. The zero-order valence-electron chi connectivity index (χ0n) is 15.7. The predicted octanol–water partition coefficient (Wildman–Crippen LogP) is 1.09. The Kier molecular flexibility index (Phi) is 11.7. The van der Waals surface area contributed by atoms with E-state index in [1.807, 2.05) is 23.9 Å². The van der Waals surface area contributed by atoms with Crippen LogP contribution < -0.4 is 5.32 Å². The van der Waals surface area contributed by atoms with Crippen molar-refractivity contribution in [1.29, 1.82) is 0 Å². The number of likely N-dealkylation sites (tertiary alicyclic amines) is 2. The largest absolute Gasteiger partial charge is 0.342 e. The molecular formula is C17H34Cl2N4O2. The fraction of sp³-hybridized carbons (Fsp3) is 0.882. The smallest absolute Gasteiger partial charge is 0.227 e. The van der Waals surface area contributed by atoms with Crippen molar-refractivity contribution >= 4 is 36.6 Å². The molecule has 2 rings (SSSR count). The summed E-state index contributed by atoms with van der Waals surface area (Å²) in [4.78, 5) is 30.7. The Bertz CT molecular complexity index is 415. The maximum atomic E-state index is 12.7. The molecule has 0 saturated carbocycles. The molecular weight excluding hydrogens is 363 g/mol. The highest BCUT2D eigenvalue weighted by Crippen LogP contribution is 2.23. The van der Waals surface area contributed by atoms with Crippen molar-refractivity contribution in [3.05, 3.63) is 0 Å². The fourth-order valence-corrected chi connectivity index (χ4v) is 3.44. The lowest BCUT2D eigenvalue weighted by Crippen LogP contribution is -2.44. The van der Waals surface area contributed by atoms with E-state index in [1.54, 1.807) is 0 Å². The van der Waals surface area contributed by atoms with Crippen LogP contribution in [0.5, 0.6) is 0 Å². The molecule has 1 atom stereocenters. The molecule has 2 heterocycles. The SMILES string of the molecule is CCNCC1CCN(C(=O)C2CC(=O)N(CCN(C)C)C2)CC1.Cl.Cl. The molecule has 0 spiro atoms. The molecule has 2 fully saturated rings. The molecule has 148 valence electrons. The number of carbonyl (C=O) groups is 2. The summed E-state index contributed by atoms with van der Waals surface area (Å²) in [5.41, 5.74) is 0. The number of amides is 2. The van der Waals surface area contributed by atoms with Gasteiger partial charge in [0.25, 0.3) is 0 Å². The number of carbonyl (C=O) groups excluding carboxylic acids is 2. The maximum Gasteiger partial charge on any atom is 0.227 e. The van der Waals surface area contributed by atoms with Gasteiger partial charge in [0, 0.05) is 39.1 Å². The topological polar surface area (TPSA) is 55.9 Å². The second-order valence-corrected chi connectivity index (χ2v) is 7.12. The average molecular weight is 397 g/mol. The van der Waals surface area contributed by atoms with Gasteiger partial charge in [0.1, 0.15) is 0 Å². The summed E-state index contributed by atoms with van der Waals surface area (Å²) in [6.07, 6.45) is 2.54. The summed E-state index contributed by atoms with van der Waals surface area (Å²) < 4.78 is 0. The van der Waals surface area contributed by atoms with E-state index in [4.69, 9.17) is 0 Å². The minimum Gasteiger partial charge on any atom is -0.342 e. The minimum atomic E-state index is -0.130. The molecule has 0 aromatic carbocycles. The van der Waals surface area contributed by atoms with Gasteiger partial charge in [-0.15, -0.1) is 24.8 Å². The summed E-state index contributed by atoms with van der Waals surface area (Å²) in [5.74, 6) is 0.871. The van der Waals surface area contributed by atoms with E-state index in [0.717, 1.165) is 52.1 Å². The molecule has 0 radical (unpaired) electrons. The van der Waals surface area contributed by atoms with E-state index in [9.17, 15) is 9.59 Å². The van der Waals surface area contributed by atoms with Crippen LogP contribution >= 0.6 is 24.8 Å². The lowest BCUT2D eigenvalue weighted by molar-refractivity contribution is -0.137. The molecule has 2 amide bonds. The molecule has 0 aliphatic carbocycles. The van der Waals surface area contributed by atoms with Crippen LogP contribution in [0.1, 0.15) is 26.2 Å². The summed E-state index contributed by atoms with van der Waals surface area (Å²) in [6.45, 7) is 8.04. The zero-order valence-corrected chi connectivity index (χ0v) is 17.3. The Morgan fingerprint density at radius 3 is 2.44 bits per heavy atom. The van der Waals surface area contributed by atoms with Crippen molar-refractivity contribution < 1.29 is 9.59 Å². The molecule has 1 N–H and O–H groups in total. The van der Waals surface area contributed by atoms with Gasteiger partial charge < -0.3 is 20.0 Å². The molecule has 0 aromatic heterocycles. The maximum absolute atomic E-state index is 12.7. The molecule has 25 heavy (non-hydrogen) atoms. The number of hydrogen-bond acceptors (Lipinski definition) is 4. The van der Waals surface area contributed by atoms with Crippen LogP contribution in [0.25, 0.3) is 0 Å². The molecule has 2 saturated heterocycles.